The van der Waals surface area contributed by atoms with E-state index in [4.69, 9.17) is 0 Å². The molecule has 1 amide bonds. The predicted octanol–water partition coefficient (Wildman–Crippen LogP) is 3.98. The Morgan fingerprint density at radius 2 is 1.58 bits per heavy atom. The number of likely N-dealkylation sites (tertiary alicyclic amines) is 1. The molecular formula is C25H27N5O2S. The molecule has 170 valence electrons. The average Bonchev–Trinajstić information content (AvgIpc) is 3.25. The average molecular weight is 462 g/mol. The van der Waals surface area contributed by atoms with Gasteiger partial charge < -0.3 is 4.90 Å². The maximum Gasteiger partial charge on any atom is 0.263 e. The van der Waals surface area contributed by atoms with E-state index in [2.05, 4.69) is 10.2 Å². The lowest BCUT2D eigenvalue weighted by Crippen LogP contribution is -2.35. The van der Waals surface area contributed by atoms with Crippen LogP contribution in [-0.2, 0) is 11.3 Å². The molecule has 8 heteroatoms. The van der Waals surface area contributed by atoms with Crippen molar-refractivity contribution >= 4 is 34.3 Å². The standard InChI is InChI=1S/C25H27N5O2S/c31-22(28-15-9-2-1-3-10-16-28)18-33-25-27-26-24-29(17-19-11-5-4-6-12-19)23(32)20-13-7-8-14-21(20)30(24)25/h4-8,11-14H,1-3,9-10,15-18H2. The van der Waals surface area contributed by atoms with Gasteiger partial charge in [0.05, 0.1) is 23.2 Å². The summed E-state index contributed by atoms with van der Waals surface area (Å²) in [4.78, 5) is 28.2. The third-order valence-corrected chi connectivity index (χ3v) is 7.11. The number of hydrogen-bond acceptors (Lipinski definition) is 5. The Kier molecular flexibility index (Phi) is 6.44. The van der Waals surface area contributed by atoms with Crippen molar-refractivity contribution in [1.82, 2.24) is 24.1 Å². The number of thioether (sulfide) groups is 1. The first-order valence-electron chi connectivity index (χ1n) is 11.5. The zero-order valence-corrected chi connectivity index (χ0v) is 19.3. The van der Waals surface area contributed by atoms with Crippen LogP contribution in [-0.4, -0.2) is 48.8 Å². The van der Waals surface area contributed by atoms with Gasteiger partial charge in [-0.25, -0.2) is 0 Å². The third kappa shape index (κ3) is 4.53. The first-order valence-corrected chi connectivity index (χ1v) is 12.5. The van der Waals surface area contributed by atoms with Crippen LogP contribution in [0.4, 0.5) is 0 Å². The summed E-state index contributed by atoms with van der Waals surface area (Å²) < 4.78 is 3.57. The zero-order valence-electron chi connectivity index (χ0n) is 18.5. The van der Waals surface area contributed by atoms with Gasteiger partial charge in [-0.1, -0.05) is 73.5 Å². The van der Waals surface area contributed by atoms with Crippen LogP contribution < -0.4 is 5.56 Å². The molecule has 0 saturated carbocycles. The van der Waals surface area contributed by atoms with Crippen LogP contribution in [0.25, 0.3) is 16.7 Å². The van der Waals surface area contributed by atoms with E-state index in [1.54, 1.807) is 4.57 Å². The Labute approximate surface area is 196 Å². The van der Waals surface area contributed by atoms with Crippen LogP contribution in [0.2, 0.25) is 0 Å². The van der Waals surface area contributed by atoms with Crippen LogP contribution in [0.15, 0.2) is 64.5 Å². The molecule has 1 saturated heterocycles. The van der Waals surface area contributed by atoms with E-state index in [9.17, 15) is 9.59 Å². The quantitative estimate of drug-likeness (QED) is 0.421. The van der Waals surface area contributed by atoms with Gasteiger partial charge in [-0.3, -0.25) is 18.6 Å². The molecule has 2 aromatic heterocycles. The topological polar surface area (TPSA) is 72.5 Å². The SMILES string of the molecule is O=C(CSc1nnc2n(Cc3ccccc3)c(=O)c3ccccc3n12)N1CCCCCCC1. The maximum absolute atomic E-state index is 13.3. The highest BCUT2D eigenvalue weighted by atomic mass is 32.2. The molecule has 3 heterocycles. The lowest BCUT2D eigenvalue weighted by Gasteiger charge is -2.24. The van der Waals surface area contributed by atoms with Crippen LogP contribution >= 0.6 is 11.8 Å². The maximum atomic E-state index is 13.3. The van der Waals surface area contributed by atoms with E-state index >= 15 is 0 Å². The molecule has 0 unspecified atom stereocenters. The Morgan fingerprint density at radius 3 is 2.36 bits per heavy atom. The molecule has 0 N–H and O–H groups in total. The minimum atomic E-state index is -0.0948. The molecule has 0 radical (unpaired) electrons. The van der Waals surface area contributed by atoms with Crippen molar-refractivity contribution in [1.29, 1.82) is 0 Å². The number of fused-ring (bicyclic) bond motifs is 3. The van der Waals surface area contributed by atoms with Gasteiger partial charge >= 0.3 is 0 Å². The molecule has 2 aromatic carbocycles. The number of rotatable bonds is 5. The largest absolute Gasteiger partial charge is 0.342 e. The van der Waals surface area contributed by atoms with Crippen LogP contribution in [0.3, 0.4) is 0 Å². The number of amides is 1. The molecule has 7 nitrogen and oxygen atoms in total. The summed E-state index contributed by atoms with van der Waals surface area (Å²) >= 11 is 1.39. The van der Waals surface area contributed by atoms with Crippen molar-refractivity contribution < 1.29 is 4.79 Å². The summed E-state index contributed by atoms with van der Waals surface area (Å²) in [5.74, 6) is 0.941. The van der Waals surface area contributed by atoms with Crippen molar-refractivity contribution in [2.45, 2.75) is 43.8 Å². The van der Waals surface area contributed by atoms with Gasteiger partial charge in [0, 0.05) is 13.1 Å². The van der Waals surface area contributed by atoms with Crippen molar-refractivity contribution in [2.24, 2.45) is 0 Å². The summed E-state index contributed by atoms with van der Waals surface area (Å²) in [6.07, 6.45) is 5.79. The Hall–Kier alpha value is -3.13. The number of carbonyl (C=O) groups excluding carboxylic acids is 1. The van der Waals surface area contributed by atoms with Crippen molar-refractivity contribution in [3.8, 4) is 0 Å². The molecule has 0 spiro atoms. The normalized spacial score (nSPS) is 15.0. The Morgan fingerprint density at radius 1 is 0.879 bits per heavy atom. The van der Waals surface area contributed by atoms with E-state index in [1.807, 2.05) is 63.9 Å². The van der Waals surface area contributed by atoms with Crippen molar-refractivity contribution in [3.05, 3.63) is 70.5 Å². The predicted molar refractivity (Wildman–Crippen MR) is 131 cm³/mol. The van der Waals surface area contributed by atoms with Gasteiger partial charge in [-0.15, -0.1) is 10.2 Å². The van der Waals surface area contributed by atoms with E-state index in [0.717, 1.165) is 37.0 Å². The highest BCUT2D eigenvalue weighted by Gasteiger charge is 2.20. The fourth-order valence-electron chi connectivity index (χ4n) is 4.45. The molecule has 1 aliphatic heterocycles. The highest BCUT2D eigenvalue weighted by Crippen LogP contribution is 2.23. The second-order valence-electron chi connectivity index (χ2n) is 8.45. The number of benzene rings is 2. The van der Waals surface area contributed by atoms with Crippen molar-refractivity contribution in [3.63, 3.8) is 0 Å². The minimum absolute atomic E-state index is 0.0948. The lowest BCUT2D eigenvalue weighted by atomic mass is 10.1. The molecule has 5 rings (SSSR count). The molecule has 0 aliphatic carbocycles. The highest BCUT2D eigenvalue weighted by molar-refractivity contribution is 7.99. The van der Waals surface area contributed by atoms with Gasteiger partial charge in [-0.2, -0.15) is 0 Å². The fourth-order valence-corrected chi connectivity index (χ4v) is 5.29. The van der Waals surface area contributed by atoms with Gasteiger partial charge in [-0.05, 0) is 30.5 Å². The molecule has 0 atom stereocenters. The summed E-state index contributed by atoms with van der Waals surface area (Å²) in [5.41, 5.74) is 1.68. The first kappa shape index (κ1) is 21.7. The van der Waals surface area contributed by atoms with Gasteiger partial charge in [0.15, 0.2) is 5.16 Å². The van der Waals surface area contributed by atoms with Crippen LogP contribution in [0.5, 0.6) is 0 Å². The van der Waals surface area contributed by atoms with E-state index in [1.165, 1.54) is 31.0 Å². The second kappa shape index (κ2) is 9.79. The lowest BCUT2D eigenvalue weighted by molar-refractivity contribution is -0.128. The molecule has 0 bridgehead atoms. The first-order chi connectivity index (χ1) is 16.2. The van der Waals surface area contributed by atoms with E-state index in [-0.39, 0.29) is 11.5 Å². The van der Waals surface area contributed by atoms with E-state index in [0.29, 0.717) is 28.6 Å². The number of aromatic nitrogens is 4. The molecule has 33 heavy (non-hydrogen) atoms. The number of nitrogens with zero attached hydrogens (tertiary/aromatic N) is 5. The Balaban J connectivity index is 1.49. The molecule has 1 aliphatic rings. The molecule has 4 aromatic rings. The summed E-state index contributed by atoms with van der Waals surface area (Å²) in [5, 5.41) is 10.00. The number of hydrogen-bond donors (Lipinski definition) is 0. The Bertz CT molecular complexity index is 1320. The fraction of sp³-hybridized carbons (Fsp3) is 0.360. The summed E-state index contributed by atoms with van der Waals surface area (Å²) in [6.45, 7) is 2.07. The monoisotopic (exact) mass is 461 g/mol. The van der Waals surface area contributed by atoms with Gasteiger partial charge in [0.1, 0.15) is 0 Å². The number of carbonyl (C=O) groups is 1. The second-order valence-corrected chi connectivity index (χ2v) is 9.39. The summed E-state index contributed by atoms with van der Waals surface area (Å²) in [7, 11) is 0. The smallest absolute Gasteiger partial charge is 0.263 e. The third-order valence-electron chi connectivity index (χ3n) is 6.20. The van der Waals surface area contributed by atoms with Gasteiger partial charge in [0.25, 0.3) is 5.56 Å². The van der Waals surface area contributed by atoms with Crippen LogP contribution in [0, 0.1) is 0 Å². The molecular weight excluding hydrogens is 434 g/mol. The zero-order chi connectivity index (χ0) is 22.6. The van der Waals surface area contributed by atoms with Gasteiger partial charge in [0.2, 0.25) is 11.7 Å². The summed E-state index contributed by atoms with van der Waals surface area (Å²) in [6, 6.07) is 17.4. The minimum Gasteiger partial charge on any atom is -0.342 e. The number of para-hydroxylation sites is 1. The van der Waals surface area contributed by atoms with Crippen molar-refractivity contribution in [2.75, 3.05) is 18.8 Å². The molecule has 1 fully saturated rings. The van der Waals surface area contributed by atoms with Crippen LogP contribution in [0.1, 0.15) is 37.7 Å². The van der Waals surface area contributed by atoms with E-state index < -0.39 is 0 Å².